The number of methoxy groups -OCH3 is 1. The van der Waals surface area contributed by atoms with E-state index in [2.05, 4.69) is 16.3 Å². The van der Waals surface area contributed by atoms with Crippen molar-refractivity contribution >= 4 is 0 Å². The van der Waals surface area contributed by atoms with Crippen molar-refractivity contribution in [1.82, 2.24) is 10.2 Å². The first-order valence-electron chi connectivity index (χ1n) is 6.41. The highest BCUT2D eigenvalue weighted by Gasteiger charge is 2.22. The van der Waals surface area contributed by atoms with Crippen molar-refractivity contribution in [3.05, 3.63) is 17.7 Å². The minimum absolute atomic E-state index is 0.181. The summed E-state index contributed by atoms with van der Waals surface area (Å²) in [5, 5.41) is 12.5. The Morgan fingerprint density at radius 2 is 2.25 bits per heavy atom. The van der Waals surface area contributed by atoms with Gasteiger partial charge in [0.2, 0.25) is 12.5 Å². The van der Waals surface area contributed by atoms with E-state index in [0.717, 1.165) is 18.7 Å². The second kappa shape index (κ2) is 6.46. The van der Waals surface area contributed by atoms with E-state index in [1.54, 1.807) is 7.11 Å². The van der Waals surface area contributed by atoms with Gasteiger partial charge in [0.05, 0.1) is 13.2 Å². The molecule has 0 fully saturated rings. The number of benzene rings is 1. The second-order valence-electron chi connectivity index (χ2n) is 4.78. The minimum Gasteiger partial charge on any atom is -0.493 e. The van der Waals surface area contributed by atoms with Crippen LogP contribution in [-0.4, -0.2) is 46.0 Å². The maximum absolute atomic E-state index is 9.32. The van der Waals surface area contributed by atoms with Crippen LogP contribution >= 0.6 is 0 Å². The van der Waals surface area contributed by atoms with Crippen molar-refractivity contribution < 1.29 is 14.2 Å². The van der Waals surface area contributed by atoms with Gasteiger partial charge < -0.3 is 19.1 Å². The third kappa shape index (κ3) is 3.13. The van der Waals surface area contributed by atoms with Gasteiger partial charge in [-0.3, -0.25) is 5.32 Å². The number of fused-ring (bicyclic) bond motifs is 1. The van der Waals surface area contributed by atoms with E-state index in [9.17, 15) is 5.26 Å². The molecule has 0 amide bonds. The number of ether oxygens (including phenoxy) is 3. The van der Waals surface area contributed by atoms with Crippen LogP contribution in [0.2, 0.25) is 0 Å². The van der Waals surface area contributed by atoms with Gasteiger partial charge in [0.1, 0.15) is 6.04 Å². The summed E-state index contributed by atoms with van der Waals surface area (Å²) in [6, 6.07) is 5.48. The van der Waals surface area contributed by atoms with E-state index in [1.807, 2.05) is 26.2 Å². The molecule has 1 unspecified atom stereocenters. The number of nitriles is 1. The molecule has 108 valence electrons. The molecule has 1 aromatic carbocycles. The average Bonchev–Trinajstić information content (AvgIpc) is 2.90. The fourth-order valence-electron chi connectivity index (χ4n) is 1.99. The van der Waals surface area contributed by atoms with Crippen LogP contribution in [0.1, 0.15) is 11.6 Å². The Hall–Kier alpha value is -1.97. The Kier molecular flexibility index (Phi) is 4.66. The number of hydrogen-bond donors (Lipinski definition) is 1. The van der Waals surface area contributed by atoms with Gasteiger partial charge in [-0.1, -0.05) is 0 Å². The number of nitrogens with one attached hydrogen (secondary N) is 1. The maximum Gasteiger partial charge on any atom is 0.231 e. The van der Waals surface area contributed by atoms with Crippen LogP contribution in [0.5, 0.6) is 17.2 Å². The first kappa shape index (κ1) is 14.4. The van der Waals surface area contributed by atoms with E-state index >= 15 is 0 Å². The number of likely N-dealkylation sites (N-methyl/N-ethyl adjacent to an activating group) is 1. The van der Waals surface area contributed by atoms with Gasteiger partial charge >= 0.3 is 0 Å². The number of rotatable bonds is 6. The number of nitrogens with zero attached hydrogens (tertiary/aromatic N) is 2. The first-order chi connectivity index (χ1) is 9.65. The molecule has 1 atom stereocenters. The van der Waals surface area contributed by atoms with Gasteiger partial charge in [0.15, 0.2) is 11.5 Å². The molecule has 0 saturated carbocycles. The Labute approximate surface area is 118 Å². The smallest absolute Gasteiger partial charge is 0.231 e. The summed E-state index contributed by atoms with van der Waals surface area (Å²) in [5.41, 5.74) is 0.812. The summed E-state index contributed by atoms with van der Waals surface area (Å²) in [5.74, 6) is 1.81. The highest BCUT2D eigenvalue weighted by Crippen LogP contribution is 2.42. The third-order valence-electron chi connectivity index (χ3n) is 3.05. The number of hydrogen-bond acceptors (Lipinski definition) is 6. The molecule has 0 radical (unpaired) electrons. The topological polar surface area (TPSA) is 66.8 Å². The van der Waals surface area contributed by atoms with Crippen LogP contribution < -0.4 is 19.5 Å². The first-order valence-corrected chi connectivity index (χ1v) is 6.41. The van der Waals surface area contributed by atoms with Gasteiger partial charge in [-0.05, 0) is 31.8 Å². The Morgan fingerprint density at radius 3 is 2.90 bits per heavy atom. The molecule has 6 nitrogen and oxygen atoms in total. The van der Waals surface area contributed by atoms with Gasteiger partial charge in [-0.2, -0.15) is 5.26 Å². The van der Waals surface area contributed by atoms with E-state index in [4.69, 9.17) is 14.2 Å². The molecule has 1 aliphatic heterocycles. The maximum atomic E-state index is 9.32. The lowest BCUT2D eigenvalue weighted by molar-refractivity contribution is 0.171. The summed E-state index contributed by atoms with van der Waals surface area (Å²) in [4.78, 5) is 2.06. The van der Waals surface area contributed by atoms with Crippen LogP contribution in [-0.2, 0) is 0 Å². The molecule has 1 heterocycles. The Morgan fingerprint density at radius 1 is 1.45 bits per heavy atom. The molecule has 2 rings (SSSR count). The summed E-state index contributed by atoms with van der Waals surface area (Å²) in [6.07, 6.45) is 0. The highest BCUT2D eigenvalue weighted by atomic mass is 16.7. The fraction of sp³-hybridized carbons (Fsp3) is 0.500. The van der Waals surface area contributed by atoms with Crippen molar-refractivity contribution in [1.29, 1.82) is 5.26 Å². The van der Waals surface area contributed by atoms with Crippen molar-refractivity contribution in [2.45, 2.75) is 6.04 Å². The van der Waals surface area contributed by atoms with Gasteiger partial charge in [0.25, 0.3) is 0 Å². The zero-order chi connectivity index (χ0) is 14.5. The Balaban J connectivity index is 2.16. The van der Waals surface area contributed by atoms with Crippen molar-refractivity contribution in [3.8, 4) is 23.3 Å². The van der Waals surface area contributed by atoms with Crippen LogP contribution in [0.25, 0.3) is 0 Å². The zero-order valence-electron chi connectivity index (χ0n) is 12.0. The van der Waals surface area contributed by atoms with E-state index in [1.165, 1.54) is 0 Å². The monoisotopic (exact) mass is 277 g/mol. The van der Waals surface area contributed by atoms with Crippen molar-refractivity contribution in [2.24, 2.45) is 0 Å². The van der Waals surface area contributed by atoms with Crippen LogP contribution in [0.3, 0.4) is 0 Å². The molecule has 0 bridgehead atoms. The molecular weight excluding hydrogens is 258 g/mol. The predicted octanol–water partition coefficient (Wildman–Crippen LogP) is 1.14. The largest absolute Gasteiger partial charge is 0.493 e. The van der Waals surface area contributed by atoms with Crippen LogP contribution in [0.15, 0.2) is 12.1 Å². The highest BCUT2D eigenvalue weighted by molar-refractivity contribution is 5.56. The van der Waals surface area contributed by atoms with Gasteiger partial charge in [-0.25, -0.2) is 0 Å². The lowest BCUT2D eigenvalue weighted by atomic mass is 10.1. The third-order valence-corrected chi connectivity index (χ3v) is 3.05. The predicted molar refractivity (Wildman–Crippen MR) is 74.0 cm³/mol. The van der Waals surface area contributed by atoms with Gasteiger partial charge in [-0.15, -0.1) is 0 Å². The molecule has 6 heteroatoms. The van der Waals surface area contributed by atoms with E-state index in [0.29, 0.717) is 17.2 Å². The lowest BCUT2D eigenvalue weighted by Gasteiger charge is -2.16. The van der Waals surface area contributed by atoms with Gasteiger partial charge in [0, 0.05) is 13.1 Å². The Bertz CT molecular complexity index is 511. The van der Waals surface area contributed by atoms with Crippen molar-refractivity contribution in [3.63, 3.8) is 0 Å². The summed E-state index contributed by atoms with van der Waals surface area (Å²) in [7, 11) is 5.56. The zero-order valence-corrected chi connectivity index (χ0v) is 12.0. The lowest BCUT2D eigenvalue weighted by Crippen LogP contribution is -2.29. The molecular formula is C14H19N3O3. The molecule has 0 spiro atoms. The second-order valence-corrected chi connectivity index (χ2v) is 4.78. The van der Waals surface area contributed by atoms with E-state index < -0.39 is 6.04 Å². The summed E-state index contributed by atoms with van der Waals surface area (Å²) in [6.45, 7) is 1.77. The SMILES string of the molecule is COc1cc(C(C#N)NCCN(C)C)cc2c1OCO2. The van der Waals surface area contributed by atoms with Crippen LogP contribution in [0.4, 0.5) is 0 Å². The molecule has 0 saturated heterocycles. The molecule has 20 heavy (non-hydrogen) atoms. The minimum atomic E-state index is -0.404. The standard InChI is InChI=1S/C14H19N3O3/c1-17(2)5-4-16-11(8-15)10-6-12(18-3)14-13(7-10)19-9-20-14/h6-7,11,16H,4-5,9H2,1-3H3. The normalized spacial score (nSPS) is 14.2. The molecule has 1 aliphatic rings. The van der Waals surface area contributed by atoms with Crippen molar-refractivity contribution in [2.75, 3.05) is 41.1 Å². The summed E-state index contributed by atoms with van der Waals surface area (Å²) >= 11 is 0. The molecule has 0 aromatic heterocycles. The van der Waals surface area contributed by atoms with E-state index in [-0.39, 0.29) is 6.79 Å². The van der Waals surface area contributed by atoms with Crippen LogP contribution in [0, 0.1) is 11.3 Å². The quantitative estimate of drug-likeness (QED) is 0.841. The molecule has 0 aliphatic carbocycles. The average molecular weight is 277 g/mol. The molecule has 1 N–H and O–H groups in total. The summed E-state index contributed by atoms with van der Waals surface area (Å²) < 4.78 is 16.0. The fourth-order valence-corrected chi connectivity index (χ4v) is 1.99. The molecule has 1 aromatic rings.